The Morgan fingerprint density at radius 3 is 2.52 bits per heavy atom. The lowest BCUT2D eigenvalue weighted by atomic mass is 9.92. The Kier molecular flexibility index (Phi) is 6.82. The number of nitrogens with zero attached hydrogens (tertiary/aromatic N) is 3. The molecule has 0 atom stereocenters. The number of fused-ring (bicyclic) bond motifs is 1. The minimum absolute atomic E-state index is 0.833. The van der Waals surface area contributed by atoms with Gasteiger partial charge in [-0.2, -0.15) is 5.10 Å². The molecule has 0 amide bonds. The van der Waals surface area contributed by atoms with Crippen LogP contribution in [-0.4, -0.2) is 45.4 Å². The van der Waals surface area contributed by atoms with Crippen molar-refractivity contribution in [2.45, 2.75) is 45.4 Å². The number of aliphatic carboxylic acids is 1. The van der Waals surface area contributed by atoms with Gasteiger partial charge in [-0.1, -0.05) is 30.7 Å². The van der Waals surface area contributed by atoms with Gasteiger partial charge in [-0.05, 0) is 62.9 Å². The van der Waals surface area contributed by atoms with Gasteiger partial charge in [0.05, 0.1) is 17.6 Å². The van der Waals surface area contributed by atoms with Crippen molar-refractivity contribution in [2.75, 3.05) is 19.6 Å². The van der Waals surface area contributed by atoms with Crippen LogP contribution in [0.15, 0.2) is 42.6 Å². The summed E-state index contributed by atoms with van der Waals surface area (Å²) in [6.07, 6.45) is 12.2. The second-order valence-electron chi connectivity index (χ2n) is 7.22. The maximum Gasteiger partial charge on any atom is 0.300 e. The number of para-hydroxylation sites is 1. The van der Waals surface area contributed by atoms with Crippen molar-refractivity contribution in [3.8, 4) is 5.69 Å². The molecule has 0 saturated carbocycles. The lowest BCUT2D eigenvalue weighted by Crippen LogP contribution is -2.29. The highest BCUT2D eigenvalue weighted by molar-refractivity contribution is 5.69. The summed E-state index contributed by atoms with van der Waals surface area (Å²) in [7, 11) is 0. The van der Waals surface area contributed by atoms with Gasteiger partial charge in [0.25, 0.3) is 5.97 Å². The molecular weight excluding hydrogens is 338 g/mol. The van der Waals surface area contributed by atoms with Crippen LogP contribution in [0.3, 0.4) is 0 Å². The fourth-order valence-electron chi connectivity index (χ4n) is 3.85. The number of hydrogen-bond donors (Lipinski definition) is 1. The summed E-state index contributed by atoms with van der Waals surface area (Å²) in [5.74, 6) is -0.833. The van der Waals surface area contributed by atoms with Crippen molar-refractivity contribution < 1.29 is 9.90 Å². The third-order valence-corrected chi connectivity index (χ3v) is 5.12. The molecule has 27 heavy (non-hydrogen) atoms. The first-order valence-electron chi connectivity index (χ1n) is 9.89. The van der Waals surface area contributed by atoms with E-state index in [9.17, 15) is 0 Å². The Morgan fingerprint density at radius 2 is 1.81 bits per heavy atom. The number of carboxylic acid groups (broad SMARTS) is 1. The lowest BCUT2D eigenvalue weighted by Gasteiger charge is -2.26. The van der Waals surface area contributed by atoms with Crippen LogP contribution < -0.4 is 0 Å². The van der Waals surface area contributed by atoms with E-state index >= 15 is 0 Å². The van der Waals surface area contributed by atoms with Crippen LogP contribution in [0.2, 0.25) is 0 Å². The van der Waals surface area contributed by atoms with Crippen molar-refractivity contribution in [3.63, 3.8) is 0 Å². The summed E-state index contributed by atoms with van der Waals surface area (Å²) < 4.78 is 2.13. The highest BCUT2D eigenvalue weighted by Gasteiger charge is 2.20. The number of rotatable bonds is 3. The molecule has 5 nitrogen and oxygen atoms in total. The van der Waals surface area contributed by atoms with E-state index in [2.05, 4.69) is 57.3 Å². The highest BCUT2D eigenvalue weighted by Crippen LogP contribution is 2.32. The standard InChI is InChI=1S/C20H25N3.C2H4O2/c1-3-9-18(10-4-1)23-20-11-7-8-17(19(20)16-21-23)12-15-22-13-5-2-6-14-22;1-2(3)4/h1,3-4,9-10,12,16H,2,5-8,11,13-15H2;1H3,(H,3,4)/b17-12+;. The first kappa shape index (κ1) is 19.4. The van der Waals surface area contributed by atoms with E-state index < -0.39 is 5.97 Å². The fourth-order valence-corrected chi connectivity index (χ4v) is 3.85. The third kappa shape index (κ3) is 5.30. The summed E-state index contributed by atoms with van der Waals surface area (Å²) >= 11 is 0. The average Bonchev–Trinajstić information content (AvgIpc) is 3.12. The van der Waals surface area contributed by atoms with Crippen molar-refractivity contribution in [2.24, 2.45) is 0 Å². The van der Waals surface area contributed by atoms with Gasteiger partial charge in [0.15, 0.2) is 0 Å². The van der Waals surface area contributed by atoms with E-state index in [1.807, 2.05) is 0 Å². The molecular formula is C22H29N3O2. The molecule has 0 bridgehead atoms. The number of benzene rings is 1. The van der Waals surface area contributed by atoms with Gasteiger partial charge < -0.3 is 5.11 Å². The van der Waals surface area contributed by atoms with E-state index in [0.717, 1.165) is 19.9 Å². The monoisotopic (exact) mass is 367 g/mol. The smallest absolute Gasteiger partial charge is 0.300 e. The van der Waals surface area contributed by atoms with E-state index in [0.29, 0.717) is 0 Å². The van der Waals surface area contributed by atoms with Gasteiger partial charge in [-0.3, -0.25) is 9.69 Å². The molecule has 1 saturated heterocycles. The topological polar surface area (TPSA) is 58.4 Å². The highest BCUT2D eigenvalue weighted by atomic mass is 16.4. The zero-order chi connectivity index (χ0) is 19.1. The van der Waals surface area contributed by atoms with Gasteiger partial charge in [0, 0.05) is 19.0 Å². The number of hydrogen-bond acceptors (Lipinski definition) is 3. The number of carboxylic acids is 1. The first-order chi connectivity index (χ1) is 13.1. The molecule has 1 aromatic heterocycles. The molecule has 0 radical (unpaired) electrons. The van der Waals surface area contributed by atoms with Crippen molar-refractivity contribution in [3.05, 3.63) is 53.9 Å². The molecule has 2 aromatic rings. The zero-order valence-electron chi connectivity index (χ0n) is 16.1. The Labute approximate surface area is 161 Å². The largest absolute Gasteiger partial charge is 0.481 e. The lowest BCUT2D eigenvalue weighted by molar-refractivity contribution is -0.134. The van der Waals surface area contributed by atoms with Crippen LogP contribution in [0.5, 0.6) is 0 Å². The van der Waals surface area contributed by atoms with E-state index in [1.54, 1.807) is 0 Å². The van der Waals surface area contributed by atoms with E-state index in [4.69, 9.17) is 9.90 Å². The molecule has 0 spiro atoms. The normalized spacial score (nSPS) is 18.5. The number of carbonyl (C=O) groups is 1. The molecule has 1 aliphatic carbocycles. The van der Waals surface area contributed by atoms with E-state index in [1.165, 1.54) is 67.7 Å². The van der Waals surface area contributed by atoms with Crippen LogP contribution in [0.25, 0.3) is 11.3 Å². The van der Waals surface area contributed by atoms with Gasteiger partial charge in [-0.25, -0.2) is 4.68 Å². The molecule has 2 heterocycles. The van der Waals surface area contributed by atoms with Gasteiger partial charge in [0.1, 0.15) is 0 Å². The maximum atomic E-state index is 9.00. The predicted molar refractivity (Wildman–Crippen MR) is 108 cm³/mol. The minimum atomic E-state index is -0.833. The Morgan fingerprint density at radius 1 is 1.11 bits per heavy atom. The average molecular weight is 367 g/mol. The number of allylic oxidation sites excluding steroid dienone is 1. The molecule has 1 N–H and O–H groups in total. The van der Waals surface area contributed by atoms with Crippen LogP contribution in [0, 0.1) is 0 Å². The molecule has 0 unspecified atom stereocenters. The first-order valence-corrected chi connectivity index (χ1v) is 9.89. The summed E-state index contributed by atoms with van der Waals surface area (Å²) in [6.45, 7) is 4.71. The number of piperidine rings is 1. The van der Waals surface area contributed by atoms with Crippen LogP contribution in [0.4, 0.5) is 0 Å². The van der Waals surface area contributed by atoms with Crippen molar-refractivity contribution >= 4 is 11.5 Å². The summed E-state index contributed by atoms with van der Waals surface area (Å²) in [5, 5.41) is 12.1. The second kappa shape index (κ2) is 9.51. The summed E-state index contributed by atoms with van der Waals surface area (Å²) in [6, 6.07) is 10.5. The molecule has 1 aromatic carbocycles. The van der Waals surface area contributed by atoms with E-state index in [-0.39, 0.29) is 0 Å². The van der Waals surface area contributed by atoms with Gasteiger partial charge in [-0.15, -0.1) is 0 Å². The summed E-state index contributed by atoms with van der Waals surface area (Å²) in [4.78, 5) is 11.6. The zero-order valence-corrected chi connectivity index (χ0v) is 16.1. The second-order valence-corrected chi connectivity index (χ2v) is 7.22. The Balaban J connectivity index is 0.000000481. The summed E-state index contributed by atoms with van der Waals surface area (Å²) in [5.41, 5.74) is 5.43. The number of likely N-dealkylation sites (tertiary alicyclic amines) is 1. The molecule has 1 fully saturated rings. The Hall–Kier alpha value is -2.40. The van der Waals surface area contributed by atoms with Gasteiger partial charge >= 0.3 is 0 Å². The predicted octanol–water partition coefficient (Wildman–Crippen LogP) is 4.17. The molecule has 144 valence electrons. The SMILES string of the molecule is C(/CN1CCCCC1)=C1/CCCc2c1cnn2-c1ccccc1.CC(=O)O. The molecule has 2 aliphatic rings. The molecule has 4 rings (SSSR count). The molecule has 1 aliphatic heterocycles. The van der Waals surface area contributed by atoms with Gasteiger partial charge in [0.2, 0.25) is 0 Å². The maximum absolute atomic E-state index is 9.00. The van der Waals surface area contributed by atoms with Crippen LogP contribution in [0.1, 0.15) is 50.3 Å². The minimum Gasteiger partial charge on any atom is -0.481 e. The van der Waals surface area contributed by atoms with Crippen molar-refractivity contribution in [1.82, 2.24) is 14.7 Å². The van der Waals surface area contributed by atoms with Crippen LogP contribution >= 0.6 is 0 Å². The fraction of sp³-hybridized carbons (Fsp3) is 0.455. The quantitative estimate of drug-likeness (QED) is 0.885. The Bertz CT molecular complexity index is 770. The van der Waals surface area contributed by atoms with Crippen LogP contribution in [-0.2, 0) is 11.2 Å². The third-order valence-electron chi connectivity index (χ3n) is 5.12. The molecule has 5 heteroatoms. The van der Waals surface area contributed by atoms with Crippen molar-refractivity contribution in [1.29, 1.82) is 0 Å². The number of aromatic nitrogens is 2.